The predicted octanol–water partition coefficient (Wildman–Crippen LogP) is 0.588. The Morgan fingerprint density at radius 2 is 2.00 bits per heavy atom. The van der Waals surface area contributed by atoms with Crippen LogP contribution in [0, 0.1) is 11.8 Å². The van der Waals surface area contributed by atoms with Gasteiger partial charge in [-0.05, 0) is 23.6 Å². The molecule has 5 nitrogen and oxygen atoms in total. The fourth-order valence-corrected chi connectivity index (χ4v) is 1.87. The van der Waals surface area contributed by atoms with Crippen LogP contribution in [-0.4, -0.2) is 28.0 Å². The van der Waals surface area contributed by atoms with Gasteiger partial charge in [0.1, 0.15) is 18.1 Å². The highest BCUT2D eigenvalue weighted by atomic mass is 16.5. The zero-order valence-electron chi connectivity index (χ0n) is 11.5. The molecule has 20 heavy (non-hydrogen) atoms. The van der Waals surface area contributed by atoms with Crippen molar-refractivity contribution in [3.63, 3.8) is 0 Å². The zero-order valence-corrected chi connectivity index (χ0v) is 11.5. The van der Waals surface area contributed by atoms with Gasteiger partial charge in [0.05, 0.1) is 13.7 Å². The number of methoxy groups -OCH3 is 1. The smallest absolute Gasteiger partial charge is 0.329 e. The summed E-state index contributed by atoms with van der Waals surface area (Å²) in [5.41, 5.74) is 1.45. The molecule has 0 atom stereocenters. The number of aliphatic hydroxyl groups is 1. The van der Waals surface area contributed by atoms with Crippen LogP contribution in [0.3, 0.4) is 0 Å². The van der Waals surface area contributed by atoms with E-state index in [1.807, 2.05) is 24.3 Å². The van der Waals surface area contributed by atoms with E-state index < -0.39 is 0 Å². The van der Waals surface area contributed by atoms with Crippen molar-refractivity contribution in [2.45, 2.75) is 6.54 Å². The molecule has 0 saturated carbocycles. The first-order valence-electron chi connectivity index (χ1n) is 6.14. The molecule has 0 bridgehead atoms. The van der Waals surface area contributed by atoms with Crippen molar-refractivity contribution < 1.29 is 9.84 Å². The van der Waals surface area contributed by atoms with Crippen LogP contribution < -0.4 is 10.4 Å². The van der Waals surface area contributed by atoms with E-state index in [1.165, 1.54) is 4.57 Å². The number of ether oxygens (including phenoxy) is 1. The summed E-state index contributed by atoms with van der Waals surface area (Å²) < 4.78 is 8.15. The van der Waals surface area contributed by atoms with E-state index >= 15 is 0 Å². The normalized spacial score (nSPS) is 9.95. The summed E-state index contributed by atoms with van der Waals surface area (Å²) in [7, 11) is 3.27. The summed E-state index contributed by atoms with van der Waals surface area (Å²) in [6, 6.07) is 7.54. The van der Waals surface area contributed by atoms with Crippen molar-refractivity contribution in [1.82, 2.24) is 9.13 Å². The van der Waals surface area contributed by atoms with Gasteiger partial charge in [0.2, 0.25) is 0 Å². The SMILES string of the molecule is COc1ccc(Cn2cc(C#CCO)n(C)c2=O)cc1. The van der Waals surface area contributed by atoms with Gasteiger partial charge in [-0.3, -0.25) is 9.13 Å². The molecular weight excluding hydrogens is 256 g/mol. The molecule has 1 heterocycles. The van der Waals surface area contributed by atoms with E-state index in [0.29, 0.717) is 12.2 Å². The monoisotopic (exact) mass is 272 g/mol. The van der Waals surface area contributed by atoms with Crippen LogP contribution in [0.4, 0.5) is 0 Å². The highest BCUT2D eigenvalue weighted by Gasteiger charge is 2.06. The van der Waals surface area contributed by atoms with Crippen LogP contribution in [0.1, 0.15) is 11.3 Å². The van der Waals surface area contributed by atoms with Crippen LogP contribution >= 0.6 is 0 Å². The van der Waals surface area contributed by atoms with Crippen LogP contribution in [0.25, 0.3) is 0 Å². The lowest BCUT2D eigenvalue weighted by atomic mass is 10.2. The summed E-state index contributed by atoms with van der Waals surface area (Å²) in [6.45, 7) is 0.245. The van der Waals surface area contributed by atoms with Crippen molar-refractivity contribution in [3.05, 3.63) is 52.2 Å². The first-order chi connectivity index (χ1) is 9.65. The minimum atomic E-state index is -0.224. The van der Waals surface area contributed by atoms with E-state index in [1.54, 1.807) is 24.9 Å². The quantitative estimate of drug-likeness (QED) is 0.832. The molecule has 2 rings (SSSR count). The molecule has 1 N–H and O–H groups in total. The zero-order chi connectivity index (χ0) is 14.5. The molecular formula is C15H16N2O3. The molecule has 0 aliphatic heterocycles. The molecule has 1 aromatic carbocycles. The third-order valence-corrected chi connectivity index (χ3v) is 2.98. The van der Waals surface area contributed by atoms with Gasteiger partial charge in [0, 0.05) is 13.2 Å². The first kappa shape index (κ1) is 14.0. The molecule has 0 aliphatic rings. The number of aromatic nitrogens is 2. The molecule has 0 amide bonds. The Hall–Kier alpha value is -2.45. The topological polar surface area (TPSA) is 56.4 Å². The second kappa shape index (κ2) is 6.13. The van der Waals surface area contributed by atoms with Crippen molar-refractivity contribution in [3.8, 4) is 17.6 Å². The third-order valence-electron chi connectivity index (χ3n) is 2.98. The largest absolute Gasteiger partial charge is 0.497 e. The Bertz CT molecular complexity index is 699. The van der Waals surface area contributed by atoms with Gasteiger partial charge in [0.25, 0.3) is 0 Å². The molecule has 0 unspecified atom stereocenters. The Balaban J connectivity index is 2.27. The summed E-state index contributed by atoms with van der Waals surface area (Å²) >= 11 is 0. The summed E-state index contributed by atoms with van der Waals surface area (Å²) in [5.74, 6) is 6.07. The maximum absolute atomic E-state index is 12.1. The molecule has 0 fully saturated rings. The fourth-order valence-electron chi connectivity index (χ4n) is 1.87. The second-order valence-electron chi connectivity index (χ2n) is 4.29. The Kier molecular flexibility index (Phi) is 4.28. The summed E-state index contributed by atoms with van der Waals surface area (Å²) in [4.78, 5) is 12.1. The molecule has 0 aliphatic carbocycles. The average Bonchev–Trinajstić information content (AvgIpc) is 2.74. The Morgan fingerprint density at radius 1 is 1.30 bits per heavy atom. The molecule has 5 heteroatoms. The predicted molar refractivity (Wildman–Crippen MR) is 75.7 cm³/mol. The molecule has 0 saturated heterocycles. The fraction of sp³-hybridized carbons (Fsp3) is 0.267. The molecule has 2 aromatic rings. The van der Waals surface area contributed by atoms with E-state index in [-0.39, 0.29) is 12.3 Å². The number of aliphatic hydroxyl groups excluding tert-OH is 1. The lowest BCUT2D eigenvalue weighted by Gasteiger charge is -2.03. The summed E-state index contributed by atoms with van der Waals surface area (Å²) in [5, 5.41) is 8.70. The van der Waals surface area contributed by atoms with Crippen molar-refractivity contribution in [2.24, 2.45) is 7.05 Å². The lowest BCUT2D eigenvalue weighted by molar-refractivity contribution is 0.350. The highest BCUT2D eigenvalue weighted by Crippen LogP contribution is 2.12. The van der Waals surface area contributed by atoms with E-state index in [2.05, 4.69) is 11.8 Å². The minimum absolute atomic E-state index is 0.136. The van der Waals surface area contributed by atoms with E-state index in [9.17, 15) is 4.79 Å². The molecule has 0 radical (unpaired) electrons. The third kappa shape index (κ3) is 2.92. The number of rotatable bonds is 3. The van der Waals surface area contributed by atoms with Crippen LogP contribution in [-0.2, 0) is 13.6 Å². The number of imidazole rings is 1. The Morgan fingerprint density at radius 3 is 2.60 bits per heavy atom. The van der Waals surface area contributed by atoms with Crippen LogP contribution in [0.15, 0.2) is 35.3 Å². The van der Waals surface area contributed by atoms with E-state index in [0.717, 1.165) is 11.3 Å². The maximum atomic E-state index is 12.1. The molecule has 1 aromatic heterocycles. The van der Waals surface area contributed by atoms with Crippen molar-refractivity contribution in [2.75, 3.05) is 13.7 Å². The van der Waals surface area contributed by atoms with Crippen molar-refractivity contribution >= 4 is 0 Å². The van der Waals surface area contributed by atoms with Gasteiger partial charge in [-0.25, -0.2) is 4.79 Å². The molecule has 0 spiro atoms. The lowest BCUT2D eigenvalue weighted by Crippen LogP contribution is -2.22. The number of benzene rings is 1. The molecule has 104 valence electrons. The Labute approximate surface area is 117 Å². The second-order valence-corrected chi connectivity index (χ2v) is 4.29. The summed E-state index contributed by atoms with van der Waals surface area (Å²) in [6.07, 6.45) is 1.69. The van der Waals surface area contributed by atoms with Gasteiger partial charge in [-0.1, -0.05) is 18.1 Å². The highest BCUT2D eigenvalue weighted by molar-refractivity contribution is 5.29. The standard InChI is InChI=1S/C15H16N2O3/c1-16-13(4-3-9-18)11-17(15(16)19)10-12-5-7-14(20-2)8-6-12/h5-8,11,18H,9-10H2,1-2H3. The van der Waals surface area contributed by atoms with Gasteiger partial charge >= 0.3 is 5.69 Å². The van der Waals surface area contributed by atoms with Crippen LogP contribution in [0.2, 0.25) is 0 Å². The van der Waals surface area contributed by atoms with Gasteiger partial charge in [0.15, 0.2) is 0 Å². The number of hydrogen-bond donors (Lipinski definition) is 1. The first-order valence-corrected chi connectivity index (χ1v) is 6.14. The van der Waals surface area contributed by atoms with Gasteiger partial charge < -0.3 is 9.84 Å². The van der Waals surface area contributed by atoms with Gasteiger partial charge in [-0.15, -0.1) is 0 Å². The van der Waals surface area contributed by atoms with Crippen LogP contribution in [0.5, 0.6) is 5.75 Å². The van der Waals surface area contributed by atoms with Crippen molar-refractivity contribution in [1.29, 1.82) is 0 Å². The van der Waals surface area contributed by atoms with E-state index in [4.69, 9.17) is 9.84 Å². The maximum Gasteiger partial charge on any atom is 0.329 e. The minimum Gasteiger partial charge on any atom is -0.497 e. The number of nitrogens with zero attached hydrogens (tertiary/aromatic N) is 2. The van der Waals surface area contributed by atoms with Gasteiger partial charge in [-0.2, -0.15) is 0 Å². The number of hydrogen-bond acceptors (Lipinski definition) is 3. The average molecular weight is 272 g/mol.